The van der Waals surface area contributed by atoms with E-state index in [2.05, 4.69) is 33.8 Å². The van der Waals surface area contributed by atoms with Gasteiger partial charge in [0.1, 0.15) is 5.75 Å². The minimum Gasteiger partial charge on any atom is -0.508 e. The van der Waals surface area contributed by atoms with Gasteiger partial charge in [0.25, 0.3) is 0 Å². The fourth-order valence-electron chi connectivity index (χ4n) is 1.97. The quantitative estimate of drug-likeness (QED) is 0.778. The number of benzene rings is 1. The highest BCUT2D eigenvalue weighted by Crippen LogP contribution is 2.32. The molecule has 1 rings (SSSR count). The molecule has 0 radical (unpaired) electrons. The molecule has 0 aliphatic carbocycles. The molecule has 0 saturated carbocycles. The Morgan fingerprint density at radius 1 is 1.19 bits per heavy atom. The SMILES string of the molecule is CCCCc1ccc(O)cc1C(C)(C)CC. The van der Waals surface area contributed by atoms with Crippen LogP contribution in [-0.4, -0.2) is 5.11 Å². The van der Waals surface area contributed by atoms with Gasteiger partial charge in [0, 0.05) is 0 Å². The summed E-state index contributed by atoms with van der Waals surface area (Å²) in [5, 5.41) is 9.62. The summed E-state index contributed by atoms with van der Waals surface area (Å²) in [6.45, 7) is 8.91. The Morgan fingerprint density at radius 2 is 1.88 bits per heavy atom. The van der Waals surface area contributed by atoms with Crippen molar-refractivity contribution in [2.75, 3.05) is 0 Å². The number of phenolic OH excluding ortho intramolecular Hbond substituents is 1. The molecule has 1 aromatic rings. The predicted octanol–water partition coefficient (Wildman–Crippen LogP) is 4.42. The number of phenols is 1. The monoisotopic (exact) mass is 220 g/mol. The van der Waals surface area contributed by atoms with E-state index in [1.54, 1.807) is 6.07 Å². The molecule has 1 nitrogen and oxygen atoms in total. The average molecular weight is 220 g/mol. The lowest BCUT2D eigenvalue weighted by Crippen LogP contribution is -2.17. The molecule has 0 amide bonds. The summed E-state index contributed by atoms with van der Waals surface area (Å²) in [5.41, 5.74) is 2.86. The third-order valence-corrected chi connectivity index (χ3v) is 3.51. The molecular weight excluding hydrogens is 196 g/mol. The largest absolute Gasteiger partial charge is 0.508 e. The summed E-state index contributed by atoms with van der Waals surface area (Å²) < 4.78 is 0. The highest BCUT2D eigenvalue weighted by atomic mass is 16.3. The highest BCUT2D eigenvalue weighted by molar-refractivity contribution is 5.39. The lowest BCUT2D eigenvalue weighted by Gasteiger charge is -2.26. The molecule has 0 aliphatic heterocycles. The molecule has 0 aromatic heterocycles. The zero-order valence-electron chi connectivity index (χ0n) is 11.0. The molecule has 0 heterocycles. The fourth-order valence-corrected chi connectivity index (χ4v) is 1.97. The molecule has 1 N–H and O–H groups in total. The van der Waals surface area contributed by atoms with Gasteiger partial charge in [0.05, 0.1) is 0 Å². The first kappa shape index (κ1) is 13.1. The molecule has 0 fully saturated rings. The van der Waals surface area contributed by atoms with E-state index >= 15 is 0 Å². The van der Waals surface area contributed by atoms with Crippen molar-refractivity contribution in [2.24, 2.45) is 0 Å². The van der Waals surface area contributed by atoms with Gasteiger partial charge in [-0.15, -0.1) is 0 Å². The summed E-state index contributed by atoms with van der Waals surface area (Å²) in [6, 6.07) is 5.83. The normalized spacial score (nSPS) is 11.8. The Hall–Kier alpha value is -0.980. The topological polar surface area (TPSA) is 20.2 Å². The van der Waals surface area contributed by atoms with Crippen LogP contribution in [0, 0.1) is 0 Å². The van der Waals surface area contributed by atoms with Crippen molar-refractivity contribution in [2.45, 2.75) is 58.8 Å². The Bertz CT molecular complexity index is 339. The minimum atomic E-state index is 0.155. The average Bonchev–Trinajstić information content (AvgIpc) is 2.27. The number of aromatic hydroxyl groups is 1. The molecule has 1 heteroatoms. The van der Waals surface area contributed by atoms with E-state index in [0.717, 1.165) is 12.8 Å². The van der Waals surface area contributed by atoms with Gasteiger partial charge in [0.15, 0.2) is 0 Å². The highest BCUT2D eigenvalue weighted by Gasteiger charge is 2.21. The van der Waals surface area contributed by atoms with Crippen LogP contribution < -0.4 is 0 Å². The first-order valence-electron chi connectivity index (χ1n) is 6.33. The first-order valence-corrected chi connectivity index (χ1v) is 6.33. The van der Waals surface area contributed by atoms with E-state index in [-0.39, 0.29) is 5.41 Å². The fraction of sp³-hybridized carbons (Fsp3) is 0.600. The van der Waals surface area contributed by atoms with Crippen molar-refractivity contribution in [3.8, 4) is 5.75 Å². The minimum absolute atomic E-state index is 0.155. The summed E-state index contributed by atoms with van der Waals surface area (Å²) in [4.78, 5) is 0. The molecule has 0 atom stereocenters. The summed E-state index contributed by atoms with van der Waals surface area (Å²) in [7, 11) is 0. The van der Waals surface area contributed by atoms with E-state index in [0.29, 0.717) is 5.75 Å². The molecular formula is C15H24O. The molecule has 0 aliphatic rings. The smallest absolute Gasteiger partial charge is 0.115 e. The number of hydrogen-bond acceptors (Lipinski definition) is 1. The summed E-state index contributed by atoms with van der Waals surface area (Å²) in [6.07, 6.45) is 4.65. The van der Waals surface area contributed by atoms with Crippen LogP contribution in [0.1, 0.15) is 58.1 Å². The third-order valence-electron chi connectivity index (χ3n) is 3.51. The zero-order chi connectivity index (χ0) is 12.2. The van der Waals surface area contributed by atoms with Crippen LogP contribution in [0.25, 0.3) is 0 Å². The second kappa shape index (κ2) is 5.38. The maximum atomic E-state index is 9.62. The summed E-state index contributed by atoms with van der Waals surface area (Å²) >= 11 is 0. The Morgan fingerprint density at radius 3 is 2.44 bits per heavy atom. The lowest BCUT2D eigenvalue weighted by atomic mass is 9.78. The van der Waals surface area contributed by atoms with Crippen LogP contribution in [0.4, 0.5) is 0 Å². The Labute approximate surface area is 99.5 Å². The molecule has 0 spiro atoms. The van der Waals surface area contributed by atoms with E-state index < -0.39 is 0 Å². The first-order chi connectivity index (χ1) is 7.51. The van der Waals surface area contributed by atoms with Crippen molar-refractivity contribution >= 4 is 0 Å². The van der Waals surface area contributed by atoms with Gasteiger partial charge in [-0.25, -0.2) is 0 Å². The van der Waals surface area contributed by atoms with Crippen LogP contribution in [0.2, 0.25) is 0 Å². The number of aryl methyl sites for hydroxylation is 1. The Balaban J connectivity index is 3.07. The molecule has 0 saturated heterocycles. The molecule has 90 valence electrons. The Kier molecular flexibility index (Phi) is 4.40. The lowest BCUT2D eigenvalue weighted by molar-refractivity contribution is 0.462. The van der Waals surface area contributed by atoms with Crippen LogP contribution in [0.3, 0.4) is 0 Å². The molecule has 16 heavy (non-hydrogen) atoms. The van der Waals surface area contributed by atoms with Crippen molar-refractivity contribution in [1.82, 2.24) is 0 Å². The van der Waals surface area contributed by atoms with Crippen LogP contribution in [0.15, 0.2) is 18.2 Å². The van der Waals surface area contributed by atoms with E-state index in [1.165, 1.54) is 24.0 Å². The number of unbranched alkanes of at least 4 members (excludes halogenated alkanes) is 1. The van der Waals surface area contributed by atoms with Crippen molar-refractivity contribution in [3.63, 3.8) is 0 Å². The van der Waals surface area contributed by atoms with Gasteiger partial charge in [-0.05, 0) is 47.9 Å². The number of rotatable bonds is 5. The van der Waals surface area contributed by atoms with Gasteiger partial charge in [-0.3, -0.25) is 0 Å². The van der Waals surface area contributed by atoms with Gasteiger partial charge in [-0.1, -0.05) is 40.2 Å². The van der Waals surface area contributed by atoms with Crippen LogP contribution >= 0.6 is 0 Å². The molecule has 0 bridgehead atoms. The van der Waals surface area contributed by atoms with Crippen molar-refractivity contribution in [3.05, 3.63) is 29.3 Å². The van der Waals surface area contributed by atoms with Crippen LogP contribution in [0.5, 0.6) is 5.75 Å². The van der Waals surface area contributed by atoms with E-state index in [9.17, 15) is 5.11 Å². The second-order valence-electron chi connectivity index (χ2n) is 5.18. The maximum absolute atomic E-state index is 9.62. The summed E-state index contributed by atoms with van der Waals surface area (Å²) in [5.74, 6) is 0.386. The number of hydrogen-bond donors (Lipinski definition) is 1. The third kappa shape index (κ3) is 3.01. The van der Waals surface area contributed by atoms with Gasteiger partial charge < -0.3 is 5.11 Å². The van der Waals surface area contributed by atoms with Gasteiger partial charge >= 0.3 is 0 Å². The van der Waals surface area contributed by atoms with E-state index in [1.807, 2.05) is 6.07 Å². The zero-order valence-corrected chi connectivity index (χ0v) is 11.0. The van der Waals surface area contributed by atoms with Crippen LogP contribution in [-0.2, 0) is 11.8 Å². The molecule has 0 unspecified atom stereocenters. The van der Waals surface area contributed by atoms with Crippen molar-refractivity contribution < 1.29 is 5.11 Å². The van der Waals surface area contributed by atoms with Crippen molar-refractivity contribution in [1.29, 1.82) is 0 Å². The maximum Gasteiger partial charge on any atom is 0.115 e. The van der Waals surface area contributed by atoms with Gasteiger partial charge in [0.2, 0.25) is 0 Å². The predicted molar refractivity (Wildman–Crippen MR) is 70.0 cm³/mol. The molecule has 1 aromatic carbocycles. The van der Waals surface area contributed by atoms with E-state index in [4.69, 9.17) is 0 Å². The second-order valence-corrected chi connectivity index (χ2v) is 5.18. The standard InChI is InChI=1S/C15H24O/c1-5-7-8-12-9-10-13(16)11-14(12)15(3,4)6-2/h9-11,16H,5-8H2,1-4H3. The van der Waals surface area contributed by atoms with Gasteiger partial charge in [-0.2, -0.15) is 0 Å².